The standard InChI is InChI=1S/C9H10N2OS/c1-7(8-3-2-6-13-8)11-5-4-10-9(11)12/h2-7H,1H3,(H,10,12). The van der Waals surface area contributed by atoms with Gasteiger partial charge in [-0.1, -0.05) is 6.07 Å². The van der Waals surface area contributed by atoms with Crippen molar-refractivity contribution in [2.75, 3.05) is 0 Å². The summed E-state index contributed by atoms with van der Waals surface area (Å²) in [6, 6.07) is 4.15. The summed E-state index contributed by atoms with van der Waals surface area (Å²) in [6.45, 7) is 2.01. The van der Waals surface area contributed by atoms with Crippen molar-refractivity contribution in [3.63, 3.8) is 0 Å². The van der Waals surface area contributed by atoms with Gasteiger partial charge in [0, 0.05) is 17.3 Å². The zero-order valence-corrected chi connectivity index (χ0v) is 8.04. The molecule has 4 heteroatoms. The third-order valence-electron chi connectivity index (χ3n) is 2.05. The Morgan fingerprint density at radius 1 is 1.62 bits per heavy atom. The van der Waals surface area contributed by atoms with Gasteiger partial charge in [0.1, 0.15) is 0 Å². The number of nitrogens with zero attached hydrogens (tertiary/aromatic N) is 1. The molecule has 0 aliphatic rings. The van der Waals surface area contributed by atoms with Gasteiger partial charge in [-0.3, -0.25) is 4.57 Å². The van der Waals surface area contributed by atoms with Gasteiger partial charge in [-0.15, -0.1) is 11.3 Å². The fourth-order valence-electron chi connectivity index (χ4n) is 1.30. The summed E-state index contributed by atoms with van der Waals surface area (Å²) in [4.78, 5) is 15.1. The molecule has 0 amide bonds. The van der Waals surface area contributed by atoms with Crippen LogP contribution in [0.15, 0.2) is 34.7 Å². The van der Waals surface area contributed by atoms with Gasteiger partial charge in [0.25, 0.3) is 0 Å². The molecule has 1 N–H and O–H groups in total. The first-order chi connectivity index (χ1) is 6.29. The second kappa shape index (κ2) is 3.22. The lowest BCUT2D eigenvalue weighted by molar-refractivity contribution is 0.627. The third-order valence-corrected chi connectivity index (χ3v) is 3.09. The molecule has 3 nitrogen and oxygen atoms in total. The van der Waals surface area contributed by atoms with E-state index in [1.54, 1.807) is 28.3 Å². The highest BCUT2D eigenvalue weighted by atomic mass is 32.1. The quantitative estimate of drug-likeness (QED) is 0.778. The van der Waals surface area contributed by atoms with Crippen LogP contribution in [0.5, 0.6) is 0 Å². The van der Waals surface area contributed by atoms with E-state index < -0.39 is 0 Å². The van der Waals surface area contributed by atoms with Crippen molar-refractivity contribution in [1.82, 2.24) is 9.55 Å². The van der Waals surface area contributed by atoms with Gasteiger partial charge >= 0.3 is 5.69 Å². The smallest absolute Gasteiger partial charge is 0.313 e. The van der Waals surface area contributed by atoms with Crippen molar-refractivity contribution in [3.8, 4) is 0 Å². The molecule has 0 spiro atoms. The van der Waals surface area contributed by atoms with Crippen LogP contribution < -0.4 is 5.69 Å². The molecule has 1 atom stereocenters. The molecule has 68 valence electrons. The van der Waals surface area contributed by atoms with Crippen molar-refractivity contribution < 1.29 is 0 Å². The van der Waals surface area contributed by atoms with E-state index in [-0.39, 0.29) is 11.7 Å². The Hall–Kier alpha value is -1.29. The maximum atomic E-state index is 11.3. The van der Waals surface area contributed by atoms with Crippen LogP contribution in [0.4, 0.5) is 0 Å². The molecule has 0 aliphatic carbocycles. The molecule has 1 unspecified atom stereocenters. The first-order valence-corrected chi connectivity index (χ1v) is 4.96. The van der Waals surface area contributed by atoms with Crippen LogP contribution in [-0.2, 0) is 0 Å². The maximum absolute atomic E-state index is 11.3. The van der Waals surface area contributed by atoms with Gasteiger partial charge in [-0.25, -0.2) is 4.79 Å². The van der Waals surface area contributed by atoms with Crippen molar-refractivity contribution in [2.24, 2.45) is 0 Å². The van der Waals surface area contributed by atoms with E-state index in [1.807, 2.05) is 24.4 Å². The molecule has 0 radical (unpaired) electrons. The van der Waals surface area contributed by atoms with E-state index in [9.17, 15) is 4.79 Å². The van der Waals surface area contributed by atoms with Crippen LogP contribution in [0.2, 0.25) is 0 Å². The lowest BCUT2D eigenvalue weighted by atomic mass is 10.3. The Labute approximate surface area is 79.7 Å². The number of rotatable bonds is 2. The summed E-state index contributed by atoms with van der Waals surface area (Å²) >= 11 is 1.66. The molecule has 0 bridgehead atoms. The second-order valence-electron chi connectivity index (χ2n) is 2.86. The van der Waals surface area contributed by atoms with Gasteiger partial charge in [0.05, 0.1) is 6.04 Å². The Bertz CT molecular complexity index is 426. The molecule has 0 fully saturated rings. The summed E-state index contributed by atoms with van der Waals surface area (Å²) in [5.41, 5.74) is -0.0547. The molecule has 13 heavy (non-hydrogen) atoms. The number of aromatic nitrogens is 2. The largest absolute Gasteiger partial charge is 0.326 e. The van der Waals surface area contributed by atoms with Gasteiger partial charge in [0.15, 0.2) is 0 Å². The number of H-pyrrole nitrogens is 1. The lowest BCUT2D eigenvalue weighted by Gasteiger charge is -2.08. The minimum atomic E-state index is -0.0547. The Balaban J connectivity index is 2.39. The monoisotopic (exact) mass is 194 g/mol. The zero-order valence-electron chi connectivity index (χ0n) is 7.23. The first-order valence-electron chi connectivity index (χ1n) is 4.08. The van der Waals surface area contributed by atoms with Gasteiger partial charge in [0.2, 0.25) is 0 Å². The molecular formula is C9H10N2OS. The van der Waals surface area contributed by atoms with Crippen molar-refractivity contribution in [2.45, 2.75) is 13.0 Å². The van der Waals surface area contributed by atoms with Gasteiger partial charge in [-0.2, -0.15) is 0 Å². The lowest BCUT2D eigenvalue weighted by Crippen LogP contribution is -2.19. The van der Waals surface area contributed by atoms with Crippen LogP contribution in [-0.4, -0.2) is 9.55 Å². The number of thiophene rings is 1. The molecule has 0 aromatic carbocycles. The van der Waals surface area contributed by atoms with E-state index in [0.717, 1.165) is 0 Å². The van der Waals surface area contributed by atoms with E-state index in [2.05, 4.69) is 4.98 Å². The highest BCUT2D eigenvalue weighted by molar-refractivity contribution is 7.10. The Kier molecular flexibility index (Phi) is 2.06. The Morgan fingerprint density at radius 3 is 3.00 bits per heavy atom. The molecule has 0 saturated heterocycles. The van der Waals surface area contributed by atoms with Crippen LogP contribution in [0.3, 0.4) is 0 Å². The van der Waals surface area contributed by atoms with Crippen LogP contribution in [0, 0.1) is 0 Å². The molecule has 0 saturated carbocycles. The highest BCUT2D eigenvalue weighted by Crippen LogP contribution is 2.20. The number of aromatic amines is 1. The normalized spacial score (nSPS) is 13.0. The average Bonchev–Trinajstić information content (AvgIpc) is 2.72. The molecule has 2 aromatic rings. The van der Waals surface area contributed by atoms with Crippen LogP contribution in [0.25, 0.3) is 0 Å². The van der Waals surface area contributed by atoms with Gasteiger partial charge in [-0.05, 0) is 18.4 Å². The van der Waals surface area contributed by atoms with Crippen LogP contribution in [0.1, 0.15) is 17.8 Å². The minimum absolute atomic E-state index is 0.0547. The molecule has 2 aromatic heterocycles. The molecule has 2 heterocycles. The fourth-order valence-corrected chi connectivity index (χ4v) is 2.08. The fraction of sp³-hybridized carbons (Fsp3) is 0.222. The van der Waals surface area contributed by atoms with Crippen LogP contribution >= 0.6 is 11.3 Å². The van der Waals surface area contributed by atoms with E-state index in [4.69, 9.17) is 0 Å². The number of imidazole rings is 1. The SMILES string of the molecule is CC(c1cccs1)n1cc[nH]c1=O. The Morgan fingerprint density at radius 2 is 2.46 bits per heavy atom. The van der Waals surface area contributed by atoms with Crippen molar-refractivity contribution in [3.05, 3.63) is 45.3 Å². The molecule has 2 rings (SSSR count). The summed E-state index contributed by atoms with van der Waals surface area (Å²) in [7, 11) is 0. The summed E-state index contributed by atoms with van der Waals surface area (Å²) in [6.07, 6.45) is 3.43. The van der Waals surface area contributed by atoms with E-state index in [1.165, 1.54) is 4.88 Å². The predicted molar refractivity (Wildman–Crippen MR) is 53.2 cm³/mol. The third kappa shape index (κ3) is 1.45. The van der Waals surface area contributed by atoms with Crippen molar-refractivity contribution in [1.29, 1.82) is 0 Å². The zero-order chi connectivity index (χ0) is 9.26. The van der Waals surface area contributed by atoms with E-state index >= 15 is 0 Å². The number of nitrogens with one attached hydrogen (secondary N) is 1. The first kappa shape index (κ1) is 8.31. The summed E-state index contributed by atoms with van der Waals surface area (Å²) in [5.74, 6) is 0. The summed E-state index contributed by atoms with van der Waals surface area (Å²) < 4.78 is 1.69. The average molecular weight is 194 g/mol. The second-order valence-corrected chi connectivity index (χ2v) is 3.84. The number of hydrogen-bond donors (Lipinski definition) is 1. The highest BCUT2D eigenvalue weighted by Gasteiger charge is 2.09. The minimum Gasteiger partial charge on any atom is -0.313 e. The van der Waals surface area contributed by atoms with E-state index in [0.29, 0.717) is 0 Å². The topological polar surface area (TPSA) is 37.8 Å². The van der Waals surface area contributed by atoms with Crippen molar-refractivity contribution >= 4 is 11.3 Å². The maximum Gasteiger partial charge on any atom is 0.326 e. The molecular weight excluding hydrogens is 184 g/mol. The summed E-state index contributed by atoms with van der Waals surface area (Å²) in [5, 5.41) is 2.02. The molecule has 0 aliphatic heterocycles. The number of hydrogen-bond acceptors (Lipinski definition) is 2. The van der Waals surface area contributed by atoms with Gasteiger partial charge < -0.3 is 4.98 Å². The predicted octanol–water partition coefficient (Wildman–Crippen LogP) is 1.85.